The Morgan fingerprint density at radius 2 is 1.33 bits per heavy atom. The van der Waals surface area contributed by atoms with Gasteiger partial charge in [-0.25, -0.2) is 0 Å². The largest absolute Gasteiger partial charge is 0.0533 e. The van der Waals surface area contributed by atoms with Crippen molar-refractivity contribution < 1.29 is 1.37 Å². The fourth-order valence-electron chi connectivity index (χ4n) is 0.898. The third-order valence-electron chi connectivity index (χ3n) is 1.32. The second-order valence-corrected chi connectivity index (χ2v) is 1.93. The molecular formula is C6H12. The lowest BCUT2D eigenvalue weighted by Crippen LogP contribution is -1.85. The van der Waals surface area contributed by atoms with Crippen LogP contribution in [0.1, 0.15) is 39.9 Å². The van der Waals surface area contributed by atoms with Crippen molar-refractivity contribution in [3.05, 3.63) is 0 Å². The fraction of sp³-hybridized carbons (Fsp3) is 1.00. The Morgan fingerprint density at radius 1 is 0.833 bits per heavy atom. The molecule has 0 nitrogen and oxygen atoms in total. The molecule has 0 spiro atoms. The van der Waals surface area contributed by atoms with Crippen molar-refractivity contribution in [2.75, 3.05) is 0 Å². The summed E-state index contributed by atoms with van der Waals surface area (Å²) in [6.07, 6.45) is 6.56. The second-order valence-electron chi connectivity index (χ2n) is 1.93. The molecule has 1 aliphatic carbocycles. The molecule has 1 saturated carbocycles. The molecule has 0 aromatic heterocycles. The van der Waals surface area contributed by atoms with Crippen LogP contribution in [0.5, 0.6) is 0 Å². The summed E-state index contributed by atoms with van der Waals surface area (Å²) in [6, 6.07) is 0. The summed E-state index contributed by atoms with van der Waals surface area (Å²) >= 11 is 0. The summed E-state index contributed by atoms with van der Waals surface area (Å²) < 4.78 is 7.27. The molecule has 1 fully saturated rings. The summed E-state index contributed by atoms with van der Waals surface area (Å²) in [7, 11) is 0. The van der Waals surface area contributed by atoms with Gasteiger partial charge < -0.3 is 0 Å². The molecule has 0 radical (unpaired) electrons. The van der Waals surface area contributed by atoms with E-state index in [-0.39, 0.29) is 6.40 Å². The van der Waals surface area contributed by atoms with Crippen LogP contribution >= 0.6 is 0 Å². The maximum absolute atomic E-state index is 7.27. The number of rotatable bonds is 0. The smallest absolute Gasteiger partial charge is 0.0267 e. The van der Waals surface area contributed by atoms with Crippen LogP contribution in [0.25, 0.3) is 0 Å². The van der Waals surface area contributed by atoms with E-state index in [2.05, 4.69) is 0 Å². The number of hydrogen-bond donors (Lipinski definition) is 0. The average molecular weight is 85.2 g/mol. The van der Waals surface area contributed by atoms with Crippen LogP contribution in [0.3, 0.4) is 0 Å². The van der Waals surface area contributed by atoms with Crippen LogP contribution in [0.15, 0.2) is 0 Å². The zero-order valence-corrected chi connectivity index (χ0v) is 4.11. The van der Waals surface area contributed by atoms with E-state index in [1.807, 2.05) is 0 Å². The third kappa shape index (κ3) is 1.00. The molecule has 0 aliphatic heterocycles. The molecular weight excluding hydrogens is 72.1 g/mol. The minimum absolute atomic E-state index is 0.286. The van der Waals surface area contributed by atoms with Gasteiger partial charge >= 0.3 is 0 Å². The second kappa shape index (κ2) is 2.22. The van der Waals surface area contributed by atoms with Gasteiger partial charge in [-0.3, -0.25) is 0 Å². The number of hydrogen-bond acceptors (Lipinski definition) is 0. The van der Waals surface area contributed by atoms with Crippen molar-refractivity contribution >= 4 is 0 Å². The molecule has 0 heteroatoms. The van der Waals surface area contributed by atoms with Gasteiger partial charge in [0.1, 0.15) is 0 Å². The third-order valence-corrected chi connectivity index (χ3v) is 1.32. The highest BCUT2D eigenvalue weighted by Gasteiger charge is 1.95. The van der Waals surface area contributed by atoms with Crippen LogP contribution in [-0.4, -0.2) is 0 Å². The van der Waals surface area contributed by atoms with E-state index in [4.69, 9.17) is 1.37 Å². The first-order valence-electron chi connectivity index (χ1n) is 3.39. The van der Waals surface area contributed by atoms with Crippen LogP contribution < -0.4 is 0 Å². The van der Waals surface area contributed by atoms with E-state index in [0.717, 1.165) is 12.8 Å². The quantitative estimate of drug-likeness (QED) is 0.423. The summed E-state index contributed by atoms with van der Waals surface area (Å²) in [5, 5.41) is 0. The van der Waals surface area contributed by atoms with Gasteiger partial charge in [0.15, 0.2) is 0 Å². The molecule has 0 N–H and O–H groups in total. The van der Waals surface area contributed by atoms with Gasteiger partial charge in [0.2, 0.25) is 0 Å². The zero-order valence-electron chi connectivity index (χ0n) is 5.11. The Morgan fingerprint density at radius 3 is 1.67 bits per heavy atom. The molecule has 0 atom stereocenters. The summed E-state index contributed by atoms with van der Waals surface area (Å²) in [5.41, 5.74) is 0. The van der Waals surface area contributed by atoms with E-state index in [0.29, 0.717) is 0 Å². The lowest BCUT2D eigenvalue weighted by Gasteiger charge is -2.05. The molecule has 0 aromatic carbocycles. The molecule has 0 unspecified atom stereocenters. The van der Waals surface area contributed by atoms with E-state index in [1.54, 1.807) is 0 Å². The van der Waals surface area contributed by atoms with Gasteiger partial charge in [-0.15, -0.1) is 0 Å². The van der Waals surface area contributed by atoms with Crippen molar-refractivity contribution in [2.24, 2.45) is 0 Å². The van der Waals surface area contributed by atoms with Crippen LogP contribution in [0, 0.1) is 0 Å². The van der Waals surface area contributed by atoms with Crippen molar-refractivity contribution in [3.8, 4) is 0 Å². The first-order valence-corrected chi connectivity index (χ1v) is 2.82. The maximum Gasteiger partial charge on any atom is 0.0267 e. The summed E-state index contributed by atoms with van der Waals surface area (Å²) in [5.74, 6) is 0. The highest BCUT2D eigenvalue weighted by molar-refractivity contribution is 4.51. The molecule has 6 heavy (non-hydrogen) atoms. The van der Waals surface area contributed by atoms with Gasteiger partial charge in [0.05, 0.1) is 0 Å². The monoisotopic (exact) mass is 85.1 g/mol. The van der Waals surface area contributed by atoms with Crippen LogP contribution in [0.4, 0.5) is 0 Å². The topological polar surface area (TPSA) is 0 Å². The van der Waals surface area contributed by atoms with E-state index < -0.39 is 0 Å². The predicted octanol–water partition coefficient (Wildman–Crippen LogP) is 2.34. The molecule has 0 bridgehead atoms. The van der Waals surface area contributed by atoms with Crippen LogP contribution in [0.2, 0.25) is 0 Å². The Kier molecular flexibility index (Phi) is 1.13. The van der Waals surface area contributed by atoms with Crippen LogP contribution in [-0.2, 0) is 0 Å². The molecule has 1 rings (SSSR count). The molecule has 0 amide bonds. The Hall–Kier alpha value is 0. The molecule has 0 saturated heterocycles. The summed E-state index contributed by atoms with van der Waals surface area (Å²) in [4.78, 5) is 0. The molecule has 0 heterocycles. The van der Waals surface area contributed by atoms with Crippen molar-refractivity contribution in [1.29, 1.82) is 0 Å². The van der Waals surface area contributed by atoms with Gasteiger partial charge in [-0.2, -0.15) is 0 Å². The normalized spacial score (nSPS) is 29.7. The zero-order chi connectivity index (χ0) is 5.11. The minimum Gasteiger partial charge on any atom is -0.0533 e. The highest BCUT2D eigenvalue weighted by atomic mass is 14.0. The highest BCUT2D eigenvalue weighted by Crippen LogP contribution is 2.15. The van der Waals surface area contributed by atoms with E-state index in [9.17, 15) is 0 Å². The van der Waals surface area contributed by atoms with Crippen molar-refractivity contribution in [3.63, 3.8) is 0 Å². The Bertz CT molecular complexity index is 46.1. The molecule has 0 aromatic rings. The first-order chi connectivity index (χ1) is 3.39. The lowest BCUT2D eigenvalue weighted by molar-refractivity contribution is 0.504. The van der Waals surface area contributed by atoms with Gasteiger partial charge in [-0.05, 0) is 0 Å². The fourth-order valence-corrected chi connectivity index (χ4v) is 0.898. The van der Waals surface area contributed by atoms with Crippen molar-refractivity contribution in [2.45, 2.75) is 38.5 Å². The predicted molar refractivity (Wildman–Crippen MR) is 27.7 cm³/mol. The van der Waals surface area contributed by atoms with E-state index in [1.165, 1.54) is 19.3 Å². The minimum atomic E-state index is 0.286. The maximum atomic E-state index is 7.27. The first kappa shape index (κ1) is 3.06. The molecule has 36 valence electrons. The Labute approximate surface area is 41.0 Å². The van der Waals surface area contributed by atoms with Gasteiger partial charge in [-0.1, -0.05) is 38.5 Å². The molecule has 1 aliphatic rings. The average Bonchev–Trinajstić information content (AvgIpc) is 1.69. The van der Waals surface area contributed by atoms with Gasteiger partial charge in [0.25, 0.3) is 0 Å². The van der Waals surface area contributed by atoms with Gasteiger partial charge in [0, 0.05) is 1.37 Å². The van der Waals surface area contributed by atoms with E-state index >= 15 is 0 Å². The lowest BCUT2D eigenvalue weighted by atomic mass is 10.0. The SMILES string of the molecule is [2H]C1CCCCC1. The Balaban J connectivity index is 2.12. The standard InChI is InChI=1S/C6H12/c1-2-4-6-5-3-1/h1-6H2/i1D. The summed E-state index contributed by atoms with van der Waals surface area (Å²) in [6.45, 7) is 0. The van der Waals surface area contributed by atoms with Crippen molar-refractivity contribution in [1.82, 2.24) is 0 Å².